The van der Waals surface area contributed by atoms with Crippen molar-refractivity contribution in [2.75, 3.05) is 60.5 Å². The molecule has 0 radical (unpaired) electrons. The lowest BCUT2D eigenvalue weighted by Crippen LogP contribution is -2.45. The number of rotatable bonds is 11. The first-order valence-electron chi connectivity index (χ1n) is 12.1. The molecule has 1 saturated heterocycles. The first kappa shape index (κ1) is 26.3. The zero-order valence-electron chi connectivity index (χ0n) is 20.5. The highest BCUT2D eigenvalue weighted by Gasteiger charge is 2.37. The fourth-order valence-electron chi connectivity index (χ4n) is 4.46. The van der Waals surface area contributed by atoms with Crippen LogP contribution in [0.2, 0.25) is 0 Å². The van der Waals surface area contributed by atoms with Gasteiger partial charge in [-0.2, -0.15) is 0 Å². The second kappa shape index (κ2) is 13.6. The minimum Gasteiger partial charge on any atom is -0.385 e. The van der Waals surface area contributed by atoms with E-state index in [0.29, 0.717) is 38.1 Å². The molecular weight excluding hydrogens is 408 g/mol. The number of allylic oxidation sites excluding steroid dienone is 1. The van der Waals surface area contributed by atoms with Crippen molar-refractivity contribution in [3.05, 3.63) is 11.3 Å². The molecule has 1 unspecified atom stereocenters. The Morgan fingerprint density at radius 3 is 2.44 bits per heavy atom. The number of amides is 3. The lowest BCUT2D eigenvalue weighted by Gasteiger charge is -2.36. The number of hydrogen-bond donors (Lipinski definition) is 1. The summed E-state index contributed by atoms with van der Waals surface area (Å²) in [6.07, 6.45) is 6.35. The van der Waals surface area contributed by atoms with E-state index >= 15 is 0 Å². The molecular formula is C24H42N4O4. The van der Waals surface area contributed by atoms with Crippen LogP contribution in [0.5, 0.6) is 0 Å². The molecule has 1 N–H and O–H groups in total. The van der Waals surface area contributed by atoms with E-state index in [1.54, 1.807) is 12.0 Å². The molecule has 1 fully saturated rings. The van der Waals surface area contributed by atoms with E-state index in [1.807, 2.05) is 25.9 Å². The number of hydrogen-bond acceptors (Lipinski definition) is 5. The summed E-state index contributed by atoms with van der Waals surface area (Å²) in [6.45, 7) is 5.93. The molecule has 8 heteroatoms. The normalized spacial score (nSPS) is 20.0. The molecule has 0 spiro atoms. The topological polar surface area (TPSA) is 82.2 Å². The maximum atomic E-state index is 13.4. The van der Waals surface area contributed by atoms with Crippen molar-refractivity contribution >= 4 is 17.7 Å². The van der Waals surface area contributed by atoms with Crippen LogP contribution in [-0.2, 0) is 19.1 Å². The minimum atomic E-state index is -0.499. The van der Waals surface area contributed by atoms with E-state index in [9.17, 15) is 14.4 Å². The van der Waals surface area contributed by atoms with Crippen LogP contribution in [0, 0.1) is 5.92 Å². The van der Waals surface area contributed by atoms with Gasteiger partial charge in [0.25, 0.3) is 5.91 Å². The molecule has 0 bridgehead atoms. The van der Waals surface area contributed by atoms with Gasteiger partial charge in [-0.3, -0.25) is 14.4 Å². The van der Waals surface area contributed by atoms with E-state index in [-0.39, 0.29) is 24.1 Å². The van der Waals surface area contributed by atoms with Crippen LogP contribution in [0.25, 0.3) is 0 Å². The van der Waals surface area contributed by atoms with Gasteiger partial charge in [-0.05, 0) is 59.7 Å². The molecule has 1 atom stereocenters. The first-order chi connectivity index (χ1) is 15.3. The summed E-state index contributed by atoms with van der Waals surface area (Å²) >= 11 is 0. The number of likely N-dealkylation sites (tertiary alicyclic amines) is 1. The maximum absolute atomic E-state index is 13.4. The number of nitrogens with one attached hydrogen (secondary N) is 1. The molecule has 0 aromatic carbocycles. The zero-order valence-corrected chi connectivity index (χ0v) is 20.5. The zero-order chi connectivity index (χ0) is 23.5. The van der Waals surface area contributed by atoms with Crippen LogP contribution in [-0.4, -0.2) is 93.0 Å². The lowest BCUT2D eigenvalue weighted by molar-refractivity contribution is -0.138. The Morgan fingerprint density at radius 1 is 1.12 bits per heavy atom. The quantitative estimate of drug-likeness (QED) is 0.487. The molecule has 2 aliphatic rings. The second-order valence-corrected chi connectivity index (χ2v) is 9.22. The summed E-state index contributed by atoms with van der Waals surface area (Å²) in [6, 6.07) is 0. The molecule has 0 saturated carbocycles. The van der Waals surface area contributed by atoms with Gasteiger partial charge in [-0.1, -0.05) is 12.8 Å². The highest BCUT2D eigenvalue weighted by molar-refractivity contribution is 5.98. The third kappa shape index (κ3) is 7.89. The Bertz CT molecular complexity index is 669. The monoisotopic (exact) mass is 450 g/mol. The minimum absolute atomic E-state index is 0.0324. The lowest BCUT2D eigenvalue weighted by atomic mass is 9.88. The average Bonchev–Trinajstić information content (AvgIpc) is 3.04. The molecule has 0 aromatic heterocycles. The number of carbonyl (C=O) groups is 3. The molecule has 0 aliphatic carbocycles. The van der Waals surface area contributed by atoms with Gasteiger partial charge in [0.1, 0.15) is 0 Å². The van der Waals surface area contributed by atoms with E-state index in [2.05, 4.69) is 10.2 Å². The second-order valence-electron chi connectivity index (χ2n) is 9.22. The standard InChI is InChI=1S/C24H42N4O4/c1-19-21(24(31)27-13-7-5-6-8-14-27)17-20(23(30)28(19)15-10-16-32-4)18-22(29)25-11-9-12-26(2)3/h20H,5-18H2,1-4H3,(H,25,29). The SMILES string of the molecule is COCCCN1C(=O)C(CC(=O)NCCCN(C)C)CC(C(=O)N2CCCCCC2)=C1C. The van der Waals surface area contributed by atoms with Crippen molar-refractivity contribution in [1.29, 1.82) is 0 Å². The smallest absolute Gasteiger partial charge is 0.251 e. The summed E-state index contributed by atoms with van der Waals surface area (Å²) in [5.41, 5.74) is 1.43. The van der Waals surface area contributed by atoms with Crippen LogP contribution >= 0.6 is 0 Å². The number of nitrogens with zero attached hydrogens (tertiary/aromatic N) is 3. The van der Waals surface area contributed by atoms with E-state index in [4.69, 9.17) is 4.74 Å². The Balaban J connectivity index is 2.11. The van der Waals surface area contributed by atoms with Crippen LogP contribution in [0.1, 0.15) is 58.3 Å². The Kier molecular flexibility index (Phi) is 11.2. The first-order valence-corrected chi connectivity index (χ1v) is 12.1. The number of carbonyl (C=O) groups excluding carboxylic acids is 3. The summed E-state index contributed by atoms with van der Waals surface area (Å²) in [5, 5.41) is 2.93. The largest absolute Gasteiger partial charge is 0.385 e. The van der Waals surface area contributed by atoms with Crippen LogP contribution in [0.3, 0.4) is 0 Å². The van der Waals surface area contributed by atoms with Gasteiger partial charge in [0.05, 0.1) is 5.92 Å². The van der Waals surface area contributed by atoms with Crippen LogP contribution in [0.4, 0.5) is 0 Å². The highest BCUT2D eigenvalue weighted by Crippen LogP contribution is 2.31. The van der Waals surface area contributed by atoms with Crippen molar-refractivity contribution < 1.29 is 19.1 Å². The Labute approximate surface area is 193 Å². The molecule has 2 rings (SSSR count). The number of methoxy groups -OCH3 is 1. The van der Waals surface area contributed by atoms with E-state index in [0.717, 1.165) is 57.4 Å². The van der Waals surface area contributed by atoms with Gasteiger partial charge in [0, 0.05) is 57.6 Å². The van der Waals surface area contributed by atoms with Crippen molar-refractivity contribution in [1.82, 2.24) is 20.0 Å². The Hall–Kier alpha value is -1.93. The molecule has 2 aliphatic heterocycles. The van der Waals surface area contributed by atoms with Gasteiger partial charge in [-0.15, -0.1) is 0 Å². The van der Waals surface area contributed by atoms with E-state index < -0.39 is 5.92 Å². The van der Waals surface area contributed by atoms with Crippen molar-refractivity contribution in [2.24, 2.45) is 5.92 Å². The average molecular weight is 451 g/mol. The van der Waals surface area contributed by atoms with Crippen molar-refractivity contribution in [3.8, 4) is 0 Å². The van der Waals surface area contributed by atoms with Gasteiger partial charge in [0.2, 0.25) is 11.8 Å². The fraction of sp³-hybridized carbons (Fsp3) is 0.792. The van der Waals surface area contributed by atoms with Crippen LogP contribution in [0.15, 0.2) is 11.3 Å². The summed E-state index contributed by atoms with van der Waals surface area (Å²) in [4.78, 5) is 44.9. The highest BCUT2D eigenvalue weighted by atomic mass is 16.5. The molecule has 0 aromatic rings. The predicted octanol–water partition coefficient (Wildman–Crippen LogP) is 2.01. The van der Waals surface area contributed by atoms with E-state index in [1.165, 1.54) is 0 Å². The molecule has 2 heterocycles. The molecule has 8 nitrogen and oxygen atoms in total. The van der Waals surface area contributed by atoms with Gasteiger partial charge < -0.3 is 24.8 Å². The Morgan fingerprint density at radius 2 is 1.81 bits per heavy atom. The molecule has 182 valence electrons. The van der Waals surface area contributed by atoms with Crippen molar-refractivity contribution in [3.63, 3.8) is 0 Å². The van der Waals surface area contributed by atoms with Crippen LogP contribution < -0.4 is 5.32 Å². The van der Waals surface area contributed by atoms with Crippen molar-refractivity contribution in [2.45, 2.75) is 58.3 Å². The third-order valence-electron chi connectivity index (χ3n) is 6.33. The number of ether oxygens (including phenoxy) is 1. The third-order valence-corrected chi connectivity index (χ3v) is 6.33. The molecule has 32 heavy (non-hydrogen) atoms. The van der Waals surface area contributed by atoms with Gasteiger partial charge in [0.15, 0.2) is 0 Å². The van der Waals surface area contributed by atoms with Gasteiger partial charge in [-0.25, -0.2) is 0 Å². The molecule has 3 amide bonds. The van der Waals surface area contributed by atoms with Gasteiger partial charge >= 0.3 is 0 Å². The maximum Gasteiger partial charge on any atom is 0.251 e. The summed E-state index contributed by atoms with van der Waals surface area (Å²) in [7, 11) is 5.63. The summed E-state index contributed by atoms with van der Waals surface area (Å²) in [5.74, 6) is -0.652. The predicted molar refractivity (Wildman–Crippen MR) is 125 cm³/mol. The fourth-order valence-corrected chi connectivity index (χ4v) is 4.46. The summed E-state index contributed by atoms with van der Waals surface area (Å²) < 4.78 is 5.15.